The Balaban J connectivity index is 1.67. The Labute approximate surface area is 188 Å². The Kier molecular flexibility index (Phi) is 7.87. The number of amides is 2. The van der Waals surface area contributed by atoms with Crippen molar-refractivity contribution in [2.24, 2.45) is 0 Å². The van der Waals surface area contributed by atoms with Crippen LogP contribution in [0, 0.1) is 0 Å². The average molecular weight is 439 g/mol. The molecule has 0 atom stereocenters. The molecular weight excluding hydrogens is 408 g/mol. The van der Waals surface area contributed by atoms with Gasteiger partial charge in [-0.15, -0.1) is 0 Å². The van der Waals surface area contributed by atoms with Crippen LogP contribution in [0.4, 0.5) is 4.79 Å². The summed E-state index contributed by atoms with van der Waals surface area (Å²) < 4.78 is 10.8. The summed E-state index contributed by atoms with van der Waals surface area (Å²) >= 11 is 0. The summed E-state index contributed by atoms with van der Waals surface area (Å²) in [7, 11) is 1.55. The van der Waals surface area contributed by atoms with Crippen molar-refractivity contribution in [3.05, 3.63) is 65.7 Å². The van der Waals surface area contributed by atoms with E-state index in [1.165, 1.54) is 6.92 Å². The van der Waals surface area contributed by atoms with Gasteiger partial charge in [0, 0.05) is 12.0 Å². The predicted octanol–water partition coefficient (Wildman–Crippen LogP) is 3.62. The summed E-state index contributed by atoms with van der Waals surface area (Å²) in [5.41, 5.74) is 1.39. The number of Topliss-reactive ketones (excluding diaryl/α,β-unsaturated/α-hetero) is 1. The van der Waals surface area contributed by atoms with Crippen LogP contribution in [0.2, 0.25) is 0 Å². The molecule has 0 spiro atoms. The van der Waals surface area contributed by atoms with Gasteiger partial charge in [0.1, 0.15) is 17.6 Å². The first-order valence-corrected chi connectivity index (χ1v) is 10.8. The molecule has 1 fully saturated rings. The van der Waals surface area contributed by atoms with Gasteiger partial charge in [-0.2, -0.15) is 0 Å². The summed E-state index contributed by atoms with van der Waals surface area (Å²) in [5.74, 6) is 0.228. The number of ether oxygens (including phenoxy) is 2. The molecule has 2 amide bonds. The third-order valence-corrected chi connectivity index (χ3v) is 5.97. The molecule has 2 aromatic rings. The van der Waals surface area contributed by atoms with Gasteiger partial charge < -0.3 is 20.1 Å². The molecule has 1 aliphatic carbocycles. The average Bonchev–Trinajstić information content (AvgIpc) is 2.82. The molecule has 7 nitrogen and oxygen atoms in total. The van der Waals surface area contributed by atoms with Crippen LogP contribution >= 0.6 is 0 Å². The van der Waals surface area contributed by atoms with E-state index in [-0.39, 0.29) is 29.8 Å². The van der Waals surface area contributed by atoms with Crippen LogP contribution in [-0.4, -0.2) is 44.1 Å². The third-order valence-electron chi connectivity index (χ3n) is 5.97. The number of benzene rings is 2. The van der Waals surface area contributed by atoms with Gasteiger partial charge in [0.25, 0.3) is 5.91 Å². The molecule has 32 heavy (non-hydrogen) atoms. The molecule has 3 rings (SSSR count). The number of hydrogen-bond donors (Lipinski definition) is 2. The summed E-state index contributed by atoms with van der Waals surface area (Å²) in [6.45, 7) is 1.85. The Morgan fingerprint density at radius 1 is 0.969 bits per heavy atom. The zero-order chi connectivity index (χ0) is 23.0. The predicted molar refractivity (Wildman–Crippen MR) is 121 cm³/mol. The first-order chi connectivity index (χ1) is 15.4. The zero-order valence-corrected chi connectivity index (χ0v) is 18.6. The normalized spacial score (nSPS) is 20.1. The summed E-state index contributed by atoms with van der Waals surface area (Å²) in [6.07, 6.45) is 2.08. The lowest BCUT2D eigenvalue weighted by molar-refractivity contribution is -0.116. The van der Waals surface area contributed by atoms with Crippen LogP contribution in [0.5, 0.6) is 5.75 Å². The second-order valence-electron chi connectivity index (χ2n) is 8.19. The van der Waals surface area contributed by atoms with E-state index in [2.05, 4.69) is 22.8 Å². The molecule has 7 heteroatoms. The van der Waals surface area contributed by atoms with Crippen molar-refractivity contribution in [3.8, 4) is 5.75 Å². The highest BCUT2D eigenvalue weighted by atomic mass is 16.6. The lowest BCUT2D eigenvalue weighted by atomic mass is 9.68. The molecule has 0 aromatic heterocycles. The van der Waals surface area contributed by atoms with E-state index < -0.39 is 6.09 Å². The number of para-hydroxylation sites is 1. The molecule has 0 heterocycles. The van der Waals surface area contributed by atoms with Crippen molar-refractivity contribution in [2.75, 3.05) is 20.2 Å². The lowest BCUT2D eigenvalue weighted by Gasteiger charge is -2.40. The fraction of sp³-hybridized carbons (Fsp3) is 0.400. The van der Waals surface area contributed by atoms with Gasteiger partial charge in [-0.05, 0) is 50.3 Å². The first-order valence-electron chi connectivity index (χ1n) is 10.8. The molecule has 170 valence electrons. The summed E-state index contributed by atoms with van der Waals surface area (Å²) in [5, 5.41) is 5.57. The van der Waals surface area contributed by atoms with E-state index in [1.54, 1.807) is 19.2 Å². The van der Waals surface area contributed by atoms with Crippen molar-refractivity contribution >= 4 is 17.8 Å². The summed E-state index contributed by atoms with van der Waals surface area (Å²) in [4.78, 5) is 35.8. The largest absolute Gasteiger partial charge is 0.496 e. The molecule has 2 aromatic carbocycles. The van der Waals surface area contributed by atoms with E-state index in [9.17, 15) is 14.4 Å². The molecular formula is C25H30N2O5. The number of alkyl carbamates (subject to hydrolysis) is 1. The number of ketones is 1. The number of carbonyl (C=O) groups excluding carboxylic acids is 3. The minimum absolute atomic E-state index is 0.0332. The van der Waals surface area contributed by atoms with Crippen LogP contribution < -0.4 is 15.4 Å². The second kappa shape index (κ2) is 10.8. The van der Waals surface area contributed by atoms with Crippen molar-refractivity contribution in [1.82, 2.24) is 10.6 Å². The number of methoxy groups -OCH3 is 1. The van der Waals surface area contributed by atoms with Crippen molar-refractivity contribution in [2.45, 2.75) is 44.1 Å². The van der Waals surface area contributed by atoms with E-state index in [4.69, 9.17) is 9.47 Å². The summed E-state index contributed by atoms with van der Waals surface area (Å²) in [6, 6.07) is 17.3. The maximum Gasteiger partial charge on any atom is 0.407 e. The number of rotatable bonds is 8. The monoisotopic (exact) mass is 438 g/mol. The Hall–Kier alpha value is -3.35. The second-order valence-corrected chi connectivity index (χ2v) is 8.19. The highest BCUT2D eigenvalue weighted by Gasteiger charge is 2.38. The van der Waals surface area contributed by atoms with Gasteiger partial charge in [-0.1, -0.05) is 42.5 Å². The SMILES string of the molecule is COc1ccccc1C(=O)NCC1(c2ccccc2)CCC(OC(=O)NCC(C)=O)CC1. The molecule has 1 aliphatic rings. The van der Waals surface area contributed by atoms with Crippen molar-refractivity contribution in [1.29, 1.82) is 0 Å². The maximum atomic E-state index is 12.9. The van der Waals surface area contributed by atoms with Crippen LogP contribution in [0.25, 0.3) is 0 Å². The smallest absolute Gasteiger partial charge is 0.407 e. The van der Waals surface area contributed by atoms with Crippen LogP contribution in [0.1, 0.15) is 48.5 Å². The highest BCUT2D eigenvalue weighted by Crippen LogP contribution is 2.40. The molecule has 0 bridgehead atoms. The third kappa shape index (κ3) is 5.87. The minimum atomic E-state index is -0.568. The molecule has 2 N–H and O–H groups in total. The highest BCUT2D eigenvalue weighted by molar-refractivity contribution is 5.97. The Morgan fingerprint density at radius 2 is 1.62 bits per heavy atom. The van der Waals surface area contributed by atoms with Crippen molar-refractivity contribution < 1.29 is 23.9 Å². The minimum Gasteiger partial charge on any atom is -0.496 e. The van der Waals surface area contributed by atoms with Gasteiger partial charge in [0.15, 0.2) is 0 Å². The Bertz CT molecular complexity index is 936. The zero-order valence-electron chi connectivity index (χ0n) is 18.6. The van der Waals surface area contributed by atoms with E-state index in [0.717, 1.165) is 18.4 Å². The van der Waals surface area contributed by atoms with Gasteiger partial charge in [-0.3, -0.25) is 9.59 Å². The van der Waals surface area contributed by atoms with E-state index >= 15 is 0 Å². The molecule has 0 unspecified atom stereocenters. The quantitative estimate of drug-likeness (QED) is 0.657. The van der Waals surface area contributed by atoms with Crippen molar-refractivity contribution in [3.63, 3.8) is 0 Å². The molecule has 0 aliphatic heterocycles. The van der Waals surface area contributed by atoms with E-state index in [1.807, 2.05) is 30.3 Å². The van der Waals surface area contributed by atoms with Gasteiger partial charge >= 0.3 is 6.09 Å². The number of hydrogen-bond acceptors (Lipinski definition) is 5. The maximum absolute atomic E-state index is 12.9. The van der Waals surface area contributed by atoms with E-state index in [0.29, 0.717) is 30.7 Å². The Morgan fingerprint density at radius 3 is 2.28 bits per heavy atom. The molecule has 1 saturated carbocycles. The van der Waals surface area contributed by atoms with Gasteiger partial charge in [0.05, 0.1) is 19.2 Å². The number of nitrogens with one attached hydrogen (secondary N) is 2. The van der Waals surface area contributed by atoms with Crippen LogP contribution in [-0.2, 0) is 14.9 Å². The fourth-order valence-electron chi connectivity index (χ4n) is 4.19. The standard InChI is InChI=1S/C25H30N2O5/c1-18(28)16-26-24(30)32-20-12-14-25(15-13-20,19-8-4-3-5-9-19)17-27-23(29)21-10-6-7-11-22(21)31-2/h3-11,20H,12-17H2,1-2H3,(H,26,30)(H,27,29). The fourth-order valence-corrected chi connectivity index (χ4v) is 4.19. The first kappa shape index (κ1) is 23.3. The lowest BCUT2D eigenvalue weighted by Crippen LogP contribution is -2.45. The number of carbonyl (C=O) groups is 3. The molecule has 0 radical (unpaired) electrons. The molecule has 0 saturated heterocycles. The van der Waals surface area contributed by atoms with Crippen LogP contribution in [0.15, 0.2) is 54.6 Å². The van der Waals surface area contributed by atoms with Gasteiger partial charge in [0.2, 0.25) is 0 Å². The topological polar surface area (TPSA) is 93.7 Å². The van der Waals surface area contributed by atoms with Crippen LogP contribution in [0.3, 0.4) is 0 Å². The van der Waals surface area contributed by atoms with Gasteiger partial charge in [-0.25, -0.2) is 4.79 Å².